The van der Waals surface area contributed by atoms with E-state index < -0.39 is 11.9 Å². The van der Waals surface area contributed by atoms with Crippen molar-refractivity contribution in [2.45, 2.75) is 6.92 Å². The molecule has 0 atom stereocenters. The van der Waals surface area contributed by atoms with Gasteiger partial charge < -0.3 is 10.4 Å². The molecule has 0 heterocycles. The van der Waals surface area contributed by atoms with Gasteiger partial charge >= 0.3 is 5.97 Å². The molecule has 1 amide bonds. The van der Waals surface area contributed by atoms with Crippen molar-refractivity contribution in [3.63, 3.8) is 0 Å². The van der Waals surface area contributed by atoms with E-state index in [1.807, 2.05) is 0 Å². The van der Waals surface area contributed by atoms with Gasteiger partial charge in [-0.2, -0.15) is 0 Å². The van der Waals surface area contributed by atoms with Crippen molar-refractivity contribution >= 4 is 45.1 Å². The van der Waals surface area contributed by atoms with Crippen molar-refractivity contribution < 1.29 is 14.7 Å². The number of amides is 1. The van der Waals surface area contributed by atoms with Gasteiger partial charge in [-0.15, -0.1) is 0 Å². The van der Waals surface area contributed by atoms with Gasteiger partial charge in [0, 0.05) is 10.0 Å². The fourth-order valence-electron chi connectivity index (χ4n) is 1.83. The van der Waals surface area contributed by atoms with Crippen LogP contribution in [0.25, 0.3) is 0 Å². The maximum atomic E-state index is 12.2. The van der Waals surface area contributed by atoms with Crippen LogP contribution in [0.15, 0.2) is 40.9 Å². The number of para-hydroxylation sites is 1. The lowest BCUT2D eigenvalue weighted by molar-refractivity contribution is 0.0698. The van der Waals surface area contributed by atoms with E-state index in [1.165, 1.54) is 6.07 Å². The van der Waals surface area contributed by atoms with E-state index in [0.29, 0.717) is 26.3 Å². The summed E-state index contributed by atoms with van der Waals surface area (Å²) in [6, 6.07) is 9.56. The van der Waals surface area contributed by atoms with E-state index in [9.17, 15) is 14.7 Å². The third kappa shape index (κ3) is 3.43. The minimum absolute atomic E-state index is 0.0522. The van der Waals surface area contributed by atoms with Gasteiger partial charge in [0.15, 0.2) is 0 Å². The van der Waals surface area contributed by atoms with Crippen LogP contribution in [0, 0.1) is 6.92 Å². The van der Waals surface area contributed by atoms with Gasteiger partial charge in [0.2, 0.25) is 0 Å². The zero-order chi connectivity index (χ0) is 15.6. The molecule has 2 aromatic rings. The Morgan fingerprint density at radius 1 is 1.24 bits per heavy atom. The summed E-state index contributed by atoms with van der Waals surface area (Å²) in [6.45, 7) is 1.74. The number of carbonyl (C=O) groups is 2. The monoisotopic (exact) mass is 367 g/mol. The summed E-state index contributed by atoms with van der Waals surface area (Å²) in [5, 5.41) is 12.3. The Morgan fingerprint density at radius 2 is 1.95 bits per heavy atom. The molecule has 0 bridgehead atoms. The Bertz CT molecular complexity index is 731. The molecular weight excluding hydrogens is 358 g/mol. The average molecular weight is 369 g/mol. The second-order valence-electron chi connectivity index (χ2n) is 4.39. The van der Waals surface area contributed by atoms with Gasteiger partial charge in [0.25, 0.3) is 5.91 Å². The van der Waals surface area contributed by atoms with E-state index in [2.05, 4.69) is 21.2 Å². The predicted molar refractivity (Wildman–Crippen MR) is 85.2 cm³/mol. The molecule has 2 aromatic carbocycles. The molecular formula is C15H11BrClNO3. The molecule has 4 nitrogen and oxygen atoms in total. The lowest BCUT2D eigenvalue weighted by Gasteiger charge is -2.12. The Morgan fingerprint density at radius 3 is 2.57 bits per heavy atom. The van der Waals surface area contributed by atoms with Gasteiger partial charge in [-0.25, -0.2) is 4.79 Å². The molecule has 6 heteroatoms. The molecule has 108 valence electrons. The van der Waals surface area contributed by atoms with Crippen molar-refractivity contribution in [3.05, 3.63) is 62.6 Å². The molecule has 0 saturated heterocycles. The first-order valence-electron chi connectivity index (χ1n) is 5.99. The summed E-state index contributed by atoms with van der Waals surface area (Å²) in [4.78, 5) is 23.5. The lowest BCUT2D eigenvalue weighted by atomic mass is 10.1. The Kier molecular flexibility index (Phi) is 4.65. The Balaban J connectivity index is 2.36. The normalized spacial score (nSPS) is 10.2. The fourth-order valence-corrected chi connectivity index (χ4v) is 2.33. The molecule has 0 aliphatic carbocycles. The van der Waals surface area contributed by atoms with Crippen LogP contribution in [0.3, 0.4) is 0 Å². The predicted octanol–water partition coefficient (Wildman–Crippen LogP) is 4.36. The Hall–Kier alpha value is -1.85. The molecule has 0 spiro atoms. The van der Waals surface area contributed by atoms with Crippen molar-refractivity contribution in [2.75, 3.05) is 5.32 Å². The number of aryl methyl sites for hydroxylation is 1. The summed E-state index contributed by atoms with van der Waals surface area (Å²) in [6.07, 6.45) is 0. The highest BCUT2D eigenvalue weighted by atomic mass is 79.9. The van der Waals surface area contributed by atoms with Gasteiger partial charge in [-0.3, -0.25) is 4.79 Å². The second kappa shape index (κ2) is 6.28. The average Bonchev–Trinajstić information content (AvgIpc) is 2.43. The summed E-state index contributed by atoms with van der Waals surface area (Å²) in [5.41, 5.74) is 1.40. The summed E-state index contributed by atoms with van der Waals surface area (Å²) < 4.78 is 0.597. The molecule has 0 aliphatic rings. The quantitative estimate of drug-likeness (QED) is 0.846. The van der Waals surface area contributed by atoms with E-state index in [4.69, 9.17) is 11.6 Å². The van der Waals surface area contributed by atoms with Crippen molar-refractivity contribution in [2.24, 2.45) is 0 Å². The maximum absolute atomic E-state index is 12.2. The van der Waals surface area contributed by atoms with E-state index in [1.54, 1.807) is 37.3 Å². The third-order valence-electron chi connectivity index (χ3n) is 2.92. The number of benzene rings is 2. The number of carboxylic acid groups (broad SMARTS) is 1. The zero-order valence-corrected chi connectivity index (χ0v) is 13.3. The van der Waals surface area contributed by atoms with E-state index in [-0.39, 0.29) is 5.56 Å². The highest BCUT2D eigenvalue weighted by Crippen LogP contribution is 2.25. The molecule has 0 fully saturated rings. The molecule has 21 heavy (non-hydrogen) atoms. The van der Waals surface area contributed by atoms with Crippen LogP contribution < -0.4 is 5.32 Å². The van der Waals surface area contributed by atoms with Crippen LogP contribution in [0.2, 0.25) is 5.02 Å². The van der Waals surface area contributed by atoms with E-state index >= 15 is 0 Å². The van der Waals surface area contributed by atoms with Gasteiger partial charge in [-0.1, -0.05) is 23.7 Å². The first kappa shape index (κ1) is 15.5. The molecule has 0 saturated carbocycles. The minimum atomic E-state index is -1.09. The third-order valence-corrected chi connectivity index (χ3v) is 4.14. The maximum Gasteiger partial charge on any atom is 0.337 e. The first-order valence-corrected chi connectivity index (χ1v) is 7.16. The number of hydrogen-bond donors (Lipinski definition) is 2. The highest BCUT2D eigenvalue weighted by molar-refractivity contribution is 9.10. The standard InChI is InChI=1S/C15H11BrClNO3/c1-8-3-2-4-10(15(20)21)13(8)18-14(19)9-5-6-12(17)11(16)7-9/h2-7H,1H3,(H,18,19)(H,20,21). The lowest BCUT2D eigenvalue weighted by Crippen LogP contribution is -2.16. The van der Waals surface area contributed by atoms with Gasteiger partial charge in [-0.05, 0) is 52.7 Å². The fraction of sp³-hybridized carbons (Fsp3) is 0.0667. The minimum Gasteiger partial charge on any atom is -0.478 e. The SMILES string of the molecule is Cc1cccc(C(=O)O)c1NC(=O)c1ccc(Cl)c(Br)c1. The topological polar surface area (TPSA) is 66.4 Å². The molecule has 0 radical (unpaired) electrons. The Labute approximate surface area is 134 Å². The second-order valence-corrected chi connectivity index (χ2v) is 5.65. The van der Waals surface area contributed by atoms with Crippen LogP contribution in [-0.2, 0) is 0 Å². The van der Waals surface area contributed by atoms with Crippen LogP contribution in [0.5, 0.6) is 0 Å². The highest BCUT2D eigenvalue weighted by Gasteiger charge is 2.16. The number of halogens is 2. The summed E-state index contributed by atoms with van der Waals surface area (Å²) in [5.74, 6) is -1.49. The number of hydrogen-bond acceptors (Lipinski definition) is 2. The van der Waals surface area contributed by atoms with Crippen LogP contribution in [0.1, 0.15) is 26.3 Å². The molecule has 0 unspecified atom stereocenters. The largest absolute Gasteiger partial charge is 0.478 e. The molecule has 2 rings (SSSR count). The van der Waals surface area contributed by atoms with Crippen molar-refractivity contribution in [1.29, 1.82) is 0 Å². The molecule has 2 N–H and O–H groups in total. The number of carboxylic acids is 1. The van der Waals surface area contributed by atoms with Gasteiger partial charge in [0.05, 0.1) is 16.3 Å². The number of carbonyl (C=O) groups excluding carboxylic acids is 1. The number of anilines is 1. The van der Waals surface area contributed by atoms with Gasteiger partial charge in [0.1, 0.15) is 0 Å². The summed E-state index contributed by atoms with van der Waals surface area (Å²) >= 11 is 9.13. The summed E-state index contributed by atoms with van der Waals surface area (Å²) in [7, 11) is 0. The van der Waals surface area contributed by atoms with E-state index in [0.717, 1.165) is 0 Å². The number of nitrogens with one attached hydrogen (secondary N) is 1. The number of rotatable bonds is 3. The smallest absolute Gasteiger partial charge is 0.337 e. The van der Waals surface area contributed by atoms with Crippen LogP contribution >= 0.6 is 27.5 Å². The zero-order valence-electron chi connectivity index (χ0n) is 11.0. The van der Waals surface area contributed by atoms with Crippen LogP contribution in [-0.4, -0.2) is 17.0 Å². The van der Waals surface area contributed by atoms with Crippen LogP contribution in [0.4, 0.5) is 5.69 Å². The van der Waals surface area contributed by atoms with Crippen molar-refractivity contribution in [3.8, 4) is 0 Å². The molecule has 0 aromatic heterocycles. The molecule has 0 aliphatic heterocycles. The number of aromatic carboxylic acids is 1. The van der Waals surface area contributed by atoms with Crippen molar-refractivity contribution in [1.82, 2.24) is 0 Å². The first-order chi connectivity index (χ1) is 9.90.